The summed E-state index contributed by atoms with van der Waals surface area (Å²) in [5.41, 5.74) is 22.4. The van der Waals surface area contributed by atoms with Crippen LogP contribution in [0.25, 0.3) is 0 Å². The fraction of sp³-hybridized carbons (Fsp3) is 0.667. The highest BCUT2D eigenvalue weighted by molar-refractivity contribution is 7.99. The van der Waals surface area contributed by atoms with E-state index in [1.807, 2.05) is 0 Å². The molecular formula is C66H108N16O21S2. The van der Waals surface area contributed by atoms with Gasteiger partial charge in [0, 0.05) is 43.2 Å². The van der Waals surface area contributed by atoms with Gasteiger partial charge in [-0.05, 0) is 109 Å². The van der Waals surface area contributed by atoms with Crippen molar-refractivity contribution in [2.45, 2.75) is 211 Å². The molecule has 39 heteroatoms. The van der Waals surface area contributed by atoms with E-state index < -0.39 is 210 Å². The van der Waals surface area contributed by atoms with Gasteiger partial charge in [0.2, 0.25) is 65.0 Å². The van der Waals surface area contributed by atoms with Crippen molar-refractivity contribution >= 4 is 119 Å². The van der Waals surface area contributed by atoms with Gasteiger partial charge in [-0.2, -0.15) is 24.4 Å². The molecule has 11 amide bonds. The number of carbonyl (C=O) groups excluding carboxylic acids is 12. The Labute approximate surface area is 619 Å². The van der Waals surface area contributed by atoms with E-state index in [2.05, 4.69) is 70.8 Å². The van der Waals surface area contributed by atoms with E-state index >= 15 is 0 Å². The normalized spacial score (nSPS) is 16.2. The van der Waals surface area contributed by atoms with Crippen LogP contribution in [0.5, 0.6) is 0 Å². The molecule has 1 aliphatic rings. The summed E-state index contributed by atoms with van der Waals surface area (Å²) in [6, 6.07) is -10.4. The molecule has 590 valence electrons. The maximum absolute atomic E-state index is 14.9. The molecule has 0 unspecified atom stereocenters. The highest BCUT2D eigenvalue weighted by Gasteiger charge is 2.42. The van der Waals surface area contributed by atoms with Gasteiger partial charge in [-0.3, -0.25) is 72.1 Å². The first-order valence-corrected chi connectivity index (χ1v) is 36.3. The number of carbonyl (C=O) groups is 15. The molecule has 1 fully saturated rings. The highest BCUT2D eigenvalue weighted by Crippen LogP contribution is 2.22. The number of nitrogens with zero attached hydrogens (tertiary/aromatic N) is 2. The van der Waals surface area contributed by atoms with E-state index in [1.165, 1.54) is 0 Å². The number of carboxylic acid groups (broad SMARTS) is 3. The zero-order chi connectivity index (χ0) is 79.4. The van der Waals surface area contributed by atoms with E-state index in [1.54, 1.807) is 78.8 Å². The fourth-order valence-electron chi connectivity index (χ4n) is 10.3. The minimum absolute atomic E-state index is 0.0157. The molecule has 1 aromatic rings. The number of esters is 1. The number of hydrogen-bond acceptors (Lipinski definition) is 23. The van der Waals surface area contributed by atoms with Gasteiger partial charge in [0.15, 0.2) is 12.0 Å². The monoisotopic (exact) mass is 1520 g/mol. The molecule has 0 aliphatic carbocycles. The molecule has 1 aromatic carbocycles. The van der Waals surface area contributed by atoms with Crippen molar-refractivity contribution in [2.75, 3.05) is 50.1 Å². The van der Waals surface area contributed by atoms with Crippen LogP contribution in [0.15, 0.2) is 35.3 Å². The van der Waals surface area contributed by atoms with Crippen LogP contribution in [0.3, 0.4) is 0 Å². The topological polar surface area (TPSA) is 606 Å². The zero-order valence-corrected chi connectivity index (χ0v) is 62.2. The number of unbranched alkanes of at least 4 members (excludes halogenated alkanes) is 1. The maximum Gasteiger partial charge on any atom is 0.328 e. The van der Waals surface area contributed by atoms with Crippen LogP contribution in [0.1, 0.15) is 132 Å². The minimum Gasteiger partial charge on any atom is -0.481 e. The Morgan fingerprint density at radius 3 is 1.70 bits per heavy atom. The second-order valence-corrected chi connectivity index (χ2v) is 28.5. The van der Waals surface area contributed by atoms with Crippen LogP contribution >= 0.6 is 24.4 Å². The van der Waals surface area contributed by atoms with Crippen LogP contribution in [-0.2, 0) is 83.1 Å². The van der Waals surface area contributed by atoms with Gasteiger partial charge >= 0.3 is 23.9 Å². The van der Waals surface area contributed by atoms with E-state index in [-0.39, 0.29) is 101 Å². The number of aliphatic carboxylic acids is 3. The van der Waals surface area contributed by atoms with Crippen molar-refractivity contribution in [3.05, 3.63) is 35.9 Å². The maximum atomic E-state index is 14.9. The summed E-state index contributed by atoms with van der Waals surface area (Å²) in [7, 11) is 0. The van der Waals surface area contributed by atoms with E-state index in [0.717, 1.165) is 23.6 Å². The molecule has 23 N–H and O–H groups in total. The Morgan fingerprint density at radius 2 is 1.15 bits per heavy atom. The molecule has 0 saturated carbocycles. The molecular weight excluding hydrogens is 1420 g/mol. The lowest BCUT2D eigenvalue weighted by Crippen LogP contribution is -2.61. The predicted octanol–water partition coefficient (Wildman–Crippen LogP) is -4.67. The summed E-state index contributed by atoms with van der Waals surface area (Å²) in [5.74, 6) is -17.7. The lowest BCUT2D eigenvalue weighted by molar-refractivity contribution is -0.152. The third kappa shape index (κ3) is 33.8. The zero-order valence-electron chi connectivity index (χ0n) is 60.5. The molecule has 0 radical (unpaired) electrons. The number of nitrogens with one attached hydrogen (secondary N) is 10. The number of aliphatic hydroxyl groups is 2. The minimum atomic E-state index is -1.83. The van der Waals surface area contributed by atoms with Crippen LogP contribution in [0.4, 0.5) is 0 Å². The van der Waals surface area contributed by atoms with Gasteiger partial charge < -0.3 is 111 Å². The summed E-state index contributed by atoms with van der Waals surface area (Å²) >= 11 is 5.23. The van der Waals surface area contributed by atoms with Crippen LogP contribution in [-0.4, -0.2) is 254 Å². The number of likely N-dealkylation sites (tertiary alicyclic amines) is 1. The highest BCUT2D eigenvalue weighted by atomic mass is 32.2. The van der Waals surface area contributed by atoms with E-state index in [4.69, 9.17) is 27.7 Å². The Bertz CT molecular complexity index is 3140. The summed E-state index contributed by atoms with van der Waals surface area (Å²) in [6.45, 7) is 11.4. The number of thiol groups is 1. The molecule has 1 aliphatic heterocycles. The molecule has 1 saturated heterocycles. The number of thioether (sulfide) groups is 1. The first kappa shape index (κ1) is 92.2. The van der Waals surface area contributed by atoms with Crippen molar-refractivity contribution < 1.29 is 102 Å². The van der Waals surface area contributed by atoms with E-state index in [9.17, 15) is 97.5 Å². The average molecular weight is 1530 g/mol. The first-order chi connectivity index (χ1) is 49.3. The molecule has 2 rings (SSSR count). The van der Waals surface area contributed by atoms with Crippen LogP contribution in [0, 0.1) is 17.3 Å². The molecule has 1 heterocycles. The number of rotatable bonds is 48. The summed E-state index contributed by atoms with van der Waals surface area (Å²) in [6.07, 6.45) is -3.66. The van der Waals surface area contributed by atoms with Crippen LogP contribution in [0.2, 0.25) is 0 Å². The van der Waals surface area contributed by atoms with Gasteiger partial charge in [-0.25, -0.2) is 4.79 Å². The lowest BCUT2D eigenvalue weighted by Gasteiger charge is -2.31. The lowest BCUT2D eigenvalue weighted by atomic mass is 9.97. The van der Waals surface area contributed by atoms with Crippen molar-refractivity contribution in [2.24, 2.45) is 45.2 Å². The second kappa shape index (κ2) is 46.8. The van der Waals surface area contributed by atoms with Crippen molar-refractivity contribution in [1.82, 2.24) is 58.1 Å². The standard InChI is InChI=1S/C66H108N16O21S2/c1-34(2)28-41(75-55(92)42(29-37-16-10-9-11-17-37)76-58(95)45(32-104)79-56(93)43(30-49(87)88)77-61(98)50(68)35(3)4)54(91)78-44(31-83)57(94)74-40(19-14-24-71-65(69)70)62(99)82-25-15-20-47(82)60(97)80-46(33-105-27-26-103-64(102)66(6,7)8)59(96)73-39(21-22-48(85)86)52(89)72-38(18-12-13-23-67)53(90)81-51(36(5)84)63(100)101/h9-11,16-17,34-36,38-47,50-51,83-84,104H,12-15,18-33,67-68H2,1-8H3,(H,72,89)(H,73,96)(H,74,94)(H,75,92)(H,76,95)(H,77,98)(H,78,91)(H,79,93)(H,80,97)(H,81,90)(H,85,86)(H,87,88)(H,100,101)(H4,69,70,71)/t36-,38+,39+,40+,41+,42+,43+,44+,45+,46+,47+,50+,51+/m1/s1. The average Bonchev–Trinajstić information content (AvgIpc) is 1.70. The Kier molecular flexibility index (Phi) is 41.1. The summed E-state index contributed by atoms with van der Waals surface area (Å²) in [5, 5.41) is 74.2. The van der Waals surface area contributed by atoms with Gasteiger partial charge in [0.1, 0.15) is 67.0 Å². The van der Waals surface area contributed by atoms with Gasteiger partial charge in [0.25, 0.3) is 0 Å². The Balaban J connectivity index is 2.57. The number of amides is 11. The SMILES string of the molecule is CC(C)C[C@H](NC(=O)[C@H](Cc1ccccc1)NC(=O)[C@H](CS)NC(=O)[C@H](CC(=O)O)NC(=O)[C@@H](N)C(C)C)C(=O)N[C@@H](CO)C(=O)N[C@@H](CCCN=C(N)N)C(=O)N1CCC[C@H]1C(=O)N[C@@H](CSCCOC(=O)C(C)(C)C)C(=O)N[C@@H](CCC(=O)O)C(=O)N[C@@H](CCCCN)C(=O)N[C@H](C(=O)O)[C@@H](C)O. The number of guanidine groups is 1. The van der Waals surface area contributed by atoms with Crippen molar-refractivity contribution in [3.8, 4) is 0 Å². The van der Waals surface area contributed by atoms with Gasteiger partial charge in [-0.1, -0.05) is 58.0 Å². The largest absolute Gasteiger partial charge is 0.481 e. The van der Waals surface area contributed by atoms with Gasteiger partial charge in [0.05, 0.1) is 30.6 Å². The van der Waals surface area contributed by atoms with Gasteiger partial charge in [-0.15, -0.1) is 0 Å². The predicted molar refractivity (Wildman–Crippen MR) is 386 cm³/mol. The molecule has 0 aromatic heterocycles. The Morgan fingerprint density at radius 1 is 0.638 bits per heavy atom. The number of aliphatic imine (C=N–C) groups is 1. The van der Waals surface area contributed by atoms with Crippen molar-refractivity contribution in [3.63, 3.8) is 0 Å². The number of hydrogen-bond donors (Lipinski definition) is 20. The summed E-state index contributed by atoms with van der Waals surface area (Å²) in [4.78, 5) is 208. The molecule has 0 bridgehead atoms. The number of carboxylic acids is 3. The summed E-state index contributed by atoms with van der Waals surface area (Å²) < 4.78 is 5.37. The smallest absolute Gasteiger partial charge is 0.328 e. The number of aliphatic hydroxyl groups excluding tert-OH is 2. The third-order valence-electron chi connectivity index (χ3n) is 16.2. The fourth-order valence-corrected chi connectivity index (χ4v) is 11.4. The van der Waals surface area contributed by atoms with E-state index in [0.29, 0.717) is 12.0 Å². The molecule has 37 nitrogen and oxygen atoms in total. The van der Waals surface area contributed by atoms with Crippen LogP contribution < -0.4 is 76.1 Å². The molecule has 105 heavy (non-hydrogen) atoms. The quantitative estimate of drug-likeness (QED) is 0.00959. The molecule has 0 spiro atoms. The number of nitrogens with two attached hydrogens (primary N) is 4. The third-order valence-corrected chi connectivity index (χ3v) is 17.6. The number of ether oxygens (including phenoxy) is 1. The first-order valence-electron chi connectivity index (χ1n) is 34.5. The Hall–Kier alpha value is -8.92. The number of benzene rings is 1. The molecule has 13 atom stereocenters. The van der Waals surface area contributed by atoms with Crippen molar-refractivity contribution in [1.29, 1.82) is 0 Å². The second-order valence-electron chi connectivity index (χ2n) is 27.0.